The highest BCUT2D eigenvalue weighted by atomic mass is 79.9. The van der Waals surface area contributed by atoms with Gasteiger partial charge in [0.1, 0.15) is 0 Å². The van der Waals surface area contributed by atoms with Crippen LogP contribution in [0.25, 0.3) is 0 Å². The average molecular weight is 316 g/mol. The van der Waals surface area contributed by atoms with Crippen molar-refractivity contribution in [3.63, 3.8) is 0 Å². The zero-order valence-electron chi connectivity index (χ0n) is 12.5. The van der Waals surface area contributed by atoms with Gasteiger partial charge in [-0.1, -0.05) is 27.7 Å². The Morgan fingerprint density at radius 3 is 2.44 bits per heavy atom. The van der Waals surface area contributed by atoms with Crippen molar-refractivity contribution in [2.24, 2.45) is 12.5 Å². The summed E-state index contributed by atoms with van der Waals surface area (Å²) in [7, 11) is 2.03. The molecule has 1 unspecified atom stereocenters. The summed E-state index contributed by atoms with van der Waals surface area (Å²) in [5.74, 6) is 0. The van der Waals surface area contributed by atoms with Crippen LogP contribution in [0.3, 0.4) is 0 Å². The Labute approximate surface area is 119 Å². The molecule has 0 aliphatic heterocycles. The van der Waals surface area contributed by atoms with Crippen molar-refractivity contribution in [2.45, 2.75) is 53.5 Å². The predicted octanol–water partition coefficient (Wildman–Crippen LogP) is 3.45. The summed E-state index contributed by atoms with van der Waals surface area (Å²) in [6.07, 6.45) is 2.20. The van der Waals surface area contributed by atoms with Gasteiger partial charge < -0.3 is 5.32 Å². The molecule has 0 saturated carbocycles. The van der Waals surface area contributed by atoms with E-state index < -0.39 is 0 Å². The molecule has 3 nitrogen and oxygen atoms in total. The fourth-order valence-electron chi connectivity index (χ4n) is 2.04. The van der Waals surface area contributed by atoms with Crippen LogP contribution < -0.4 is 5.32 Å². The van der Waals surface area contributed by atoms with Crippen molar-refractivity contribution in [3.05, 3.63) is 15.9 Å². The van der Waals surface area contributed by atoms with Gasteiger partial charge in [-0.25, -0.2) is 0 Å². The van der Waals surface area contributed by atoms with Crippen LogP contribution in [0.2, 0.25) is 0 Å². The number of aromatic nitrogens is 2. The Balaban J connectivity index is 2.84. The van der Waals surface area contributed by atoms with E-state index in [1.165, 1.54) is 5.69 Å². The lowest BCUT2D eigenvalue weighted by atomic mass is 9.82. The minimum atomic E-state index is 0.271. The van der Waals surface area contributed by atoms with Gasteiger partial charge in [-0.2, -0.15) is 5.10 Å². The highest BCUT2D eigenvalue weighted by Crippen LogP contribution is 2.30. The summed E-state index contributed by atoms with van der Waals surface area (Å²) in [6, 6.07) is 0.535. The maximum atomic E-state index is 4.47. The van der Waals surface area contributed by atoms with E-state index >= 15 is 0 Å². The zero-order chi connectivity index (χ0) is 13.9. The molecule has 0 bridgehead atoms. The third kappa shape index (κ3) is 3.82. The van der Waals surface area contributed by atoms with E-state index in [1.54, 1.807) is 0 Å². The lowest BCUT2D eigenvalue weighted by molar-refractivity contribution is 0.275. The second kappa shape index (κ2) is 6.20. The van der Waals surface area contributed by atoms with Crippen LogP contribution in [-0.2, 0) is 13.5 Å². The molecule has 0 amide bonds. The Morgan fingerprint density at radius 2 is 2.06 bits per heavy atom. The molecule has 1 heterocycles. The van der Waals surface area contributed by atoms with Crippen LogP contribution >= 0.6 is 15.9 Å². The smallest absolute Gasteiger partial charge is 0.0738 e. The first kappa shape index (κ1) is 15.7. The monoisotopic (exact) mass is 315 g/mol. The molecule has 0 radical (unpaired) electrons. The Bertz CT molecular complexity index is 398. The van der Waals surface area contributed by atoms with Gasteiger partial charge in [0.25, 0.3) is 0 Å². The van der Waals surface area contributed by atoms with Crippen molar-refractivity contribution < 1.29 is 0 Å². The van der Waals surface area contributed by atoms with Crippen LogP contribution in [0.1, 0.15) is 45.5 Å². The molecular weight excluding hydrogens is 290 g/mol. The zero-order valence-corrected chi connectivity index (χ0v) is 14.1. The fourth-order valence-corrected chi connectivity index (χ4v) is 2.52. The molecule has 1 rings (SSSR count). The van der Waals surface area contributed by atoms with Crippen LogP contribution in [0.15, 0.2) is 4.47 Å². The summed E-state index contributed by atoms with van der Waals surface area (Å²) in [5.41, 5.74) is 2.64. The number of aryl methyl sites for hydroxylation is 2. The van der Waals surface area contributed by atoms with E-state index in [1.807, 2.05) is 18.7 Å². The molecule has 1 atom stereocenters. The number of hydrogen-bond donors (Lipinski definition) is 1. The Hall–Kier alpha value is -0.350. The molecular formula is C14H26BrN3. The second-order valence-electron chi connectivity index (χ2n) is 5.85. The normalized spacial score (nSPS) is 15.1. The first-order valence-corrected chi connectivity index (χ1v) is 7.49. The SMILES string of the molecule is CCC(C)(CNC(C)C)Cc1c(Br)c(C)nn1C. The summed E-state index contributed by atoms with van der Waals surface area (Å²) in [4.78, 5) is 0. The molecule has 0 aliphatic rings. The first-order chi connectivity index (χ1) is 8.29. The van der Waals surface area contributed by atoms with Crippen molar-refractivity contribution in [1.29, 1.82) is 0 Å². The van der Waals surface area contributed by atoms with Gasteiger partial charge in [-0.05, 0) is 41.1 Å². The van der Waals surface area contributed by atoms with Crippen LogP contribution in [0.5, 0.6) is 0 Å². The van der Waals surface area contributed by atoms with E-state index in [-0.39, 0.29) is 5.41 Å². The van der Waals surface area contributed by atoms with E-state index in [4.69, 9.17) is 0 Å². The second-order valence-corrected chi connectivity index (χ2v) is 6.64. The minimum absolute atomic E-state index is 0.271. The van der Waals surface area contributed by atoms with Gasteiger partial charge in [-0.3, -0.25) is 4.68 Å². The number of rotatable bonds is 6. The standard InChI is InChI=1S/C14H26BrN3/c1-7-14(5,9-16-10(2)3)8-12-13(15)11(4)17-18(12)6/h10,16H,7-9H2,1-6H3. The maximum absolute atomic E-state index is 4.47. The predicted molar refractivity (Wildman–Crippen MR) is 80.9 cm³/mol. The van der Waals surface area contributed by atoms with Crippen LogP contribution in [0.4, 0.5) is 0 Å². The van der Waals surface area contributed by atoms with E-state index in [0.29, 0.717) is 6.04 Å². The molecule has 1 N–H and O–H groups in total. The van der Waals surface area contributed by atoms with Gasteiger partial charge in [0.05, 0.1) is 15.9 Å². The minimum Gasteiger partial charge on any atom is -0.314 e. The van der Waals surface area contributed by atoms with Gasteiger partial charge >= 0.3 is 0 Å². The quantitative estimate of drug-likeness (QED) is 0.871. The molecule has 104 valence electrons. The Morgan fingerprint density at radius 1 is 1.44 bits per heavy atom. The fraction of sp³-hybridized carbons (Fsp3) is 0.786. The van der Waals surface area contributed by atoms with E-state index in [0.717, 1.165) is 29.6 Å². The topological polar surface area (TPSA) is 29.9 Å². The van der Waals surface area contributed by atoms with Crippen molar-refractivity contribution in [1.82, 2.24) is 15.1 Å². The summed E-state index contributed by atoms with van der Waals surface area (Å²) in [6.45, 7) is 12.1. The molecule has 1 aromatic rings. The van der Waals surface area contributed by atoms with Gasteiger partial charge in [0, 0.05) is 19.6 Å². The lowest BCUT2D eigenvalue weighted by Gasteiger charge is -2.30. The Kier molecular flexibility index (Phi) is 5.41. The van der Waals surface area contributed by atoms with Gasteiger partial charge in [0.15, 0.2) is 0 Å². The van der Waals surface area contributed by atoms with Crippen LogP contribution in [0, 0.1) is 12.3 Å². The average Bonchev–Trinajstić information content (AvgIpc) is 2.53. The van der Waals surface area contributed by atoms with E-state index in [2.05, 4.69) is 54.0 Å². The van der Waals surface area contributed by atoms with Gasteiger partial charge in [0.2, 0.25) is 0 Å². The summed E-state index contributed by atoms with van der Waals surface area (Å²) >= 11 is 3.66. The highest BCUT2D eigenvalue weighted by molar-refractivity contribution is 9.10. The van der Waals surface area contributed by atoms with E-state index in [9.17, 15) is 0 Å². The molecule has 0 aliphatic carbocycles. The number of hydrogen-bond acceptors (Lipinski definition) is 2. The van der Waals surface area contributed by atoms with Crippen molar-refractivity contribution in [2.75, 3.05) is 6.54 Å². The third-order valence-corrected chi connectivity index (χ3v) is 4.68. The van der Waals surface area contributed by atoms with Crippen molar-refractivity contribution in [3.8, 4) is 0 Å². The summed E-state index contributed by atoms with van der Waals surface area (Å²) < 4.78 is 3.16. The highest BCUT2D eigenvalue weighted by Gasteiger charge is 2.26. The largest absolute Gasteiger partial charge is 0.314 e. The molecule has 0 spiro atoms. The number of nitrogens with zero attached hydrogens (tertiary/aromatic N) is 2. The molecule has 18 heavy (non-hydrogen) atoms. The number of nitrogens with one attached hydrogen (secondary N) is 1. The third-order valence-electron chi connectivity index (χ3n) is 3.65. The van der Waals surface area contributed by atoms with Crippen molar-refractivity contribution >= 4 is 15.9 Å². The summed E-state index contributed by atoms with van der Waals surface area (Å²) in [5, 5.41) is 8.03. The molecule has 1 aromatic heterocycles. The number of halogens is 1. The molecule has 4 heteroatoms. The van der Waals surface area contributed by atoms with Gasteiger partial charge in [-0.15, -0.1) is 0 Å². The molecule has 0 saturated heterocycles. The molecule has 0 fully saturated rings. The first-order valence-electron chi connectivity index (χ1n) is 6.70. The van der Waals surface area contributed by atoms with Crippen LogP contribution in [-0.4, -0.2) is 22.4 Å². The maximum Gasteiger partial charge on any atom is 0.0738 e. The molecule has 0 aromatic carbocycles. The lowest BCUT2D eigenvalue weighted by Crippen LogP contribution is -2.37.